The molecule has 1 aliphatic carbocycles. The number of pyridine rings is 1. The number of methoxy groups -OCH3 is 2. The molecule has 3 aromatic rings. The number of aliphatic imine (C=N–C) groups is 1. The van der Waals surface area contributed by atoms with E-state index in [1.807, 2.05) is 0 Å². The molecule has 220 valence electrons. The van der Waals surface area contributed by atoms with E-state index < -0.39 is 46.3 Å². The molecule has 2 aromatic heterocycles. The molecule has 0 saturated heterocycles. The van der Waals surface area contributed by atoms with Gasteiger partial charge in [0, 0.05) is 23.2 Å². The highest BCUT2D eigenvalue weighted by atomic mass is 35.5. The summed E-state index contributed by atoms with van der Waals surface area (Å²) in [5, 5.41) is 2.37. The molecule has 0 bridgehead atoms. The quantitative estimate of drug-likeness (QED) is 0.220. The molecule has 14 heteroatoms. The molecule has 1 N–H and O–H groups in total. The van der Waals surface area contributed by atoms with Gasteiger partial charge in [0.15, 0.2) is 34.9 Å². The molecular formula is C28H23ClF4N4O5. The first-order valence-electron chi connectivity index (χ1n) is 12.8. The Morgan fingerprint density at radius 2 is 1.69 bits per heavy atom. The van der Waals surface area contributed by atoms with Crippen molar-refractivity contribution in [3.8, 4) is 0 Å². The highest BCUT2D eigenvalue weighted by molar-refractivity contribution is 6.31. The molecule has 42 heavy (non-hydrogen) atoms. The third-order valence-electron chi connectivity index (χ3n) is 7.27. The summed E-state index contributed by atoms with van der Waals surface area (Å²) in [5.41, 5.74) is -0.127. The largest absolute Gasteiger partial charge is 0.466 e. The normalized spacial score (nSPS) is 20.5. The highest BCUT2D eigenvalue weighted by Crippen LogP contribution is 2.44. The van der Waals surface area contributed by atoms with Crippen LogP contribution in [0.4, 0.5) is 17.6 Å². The lowest BCUT2D eigenvalue weighted by Crippen LogP contribution is -2.38. The molecule has 1 saturated carbocycles. The molecule has 2 aliphatic rings. The maximum Gasteiger partial charge on any atom is 0.360 e. The first-order chi connectivity index (χ1) is 20.1. The van der Waals surface area contributed by atoms with E-state index in [4.69, 9.17) is 20.8 Å². The highest BCUT2D eigenvalue weighted by Gasteiger charge is 2.39. The predicted molar refractivity (Wildman–Crippen MR) is 140 cm³/mol. The van der Waals surface area contributed by atoms with Gasteiger partial charge < -0.3 is 19.2 Å². The van der Waals surface area contributed by atoms with Gasteiger partial charge in [-0.05, 0) is 37.7 Å². The number of rotatable bonds is 6. The summed E-state index contributed by atoms with van der Waals surface area (Å²) in [6.07, 6.45) is 4.00. The lowest BCUT2D eigenvalue weighted by Gasteiger charge is -2.34. The Bertz CT molecular complexity index is 1620. The predicted octanol–water partition coefficient (Wildman–Crippen LogP) is 5.56. The second kappa shape index (κ2) is 11.9. The number of hydrogen-bond acceptors (Lipinski definition) is 9. The fourth-order valence-corrected chi connectivity index (χ4v) is 5.47. The lowest BCUT2D eigenvalue weighted by atomic mass is 9.78. The van der Waals surface area contributed by atoms with Crippen molar-refractivity contribution in [3.63, 3.8) is 0 Å². The molecule has 1 atom stereocenters. The number of carbonyl (C=O) groups is 2. The average Bonchev–Trinajstić information content (AvgIpc) is 3.49. The maximum atomic E-state index is 14.9. The summed E-state index contributed by atoms with van der Waals surface area (Å²) in [5.74, 6) is -6.28. The van der Waals surface area contributed by atoms with Crippen molar-refractivity contribution in [2.24, 2.45) is 10.9 Å². The Hall–Kier alpha value is -4.26. The smallest absolute Gasteiger partial charge is 0.360 e. The summed E-state index contributed by atoms with van der Waals surface area (Å²) < 4.78 is 72.2. The van der Waals surface area contributed by atoms with Crippen LogP contribution < -0.4 is 5.32 Å². The standard InChI is InChI=1S/C28H23ClF4N4O5/c1-40-27(38)18-11-42-26(35-18)13-5-3-12(4-6-13)22-19(28(39)41-2)23(15-7-8-16(31)21(33)20(15)29)37-25(36-22)24-17(32)9-14(30)10-34-24/h7-13,23H,3-6H2,1-2H3,(H,36,37)/t12-,13-,23?. The molecule has 9 nitrogen and oxygen atoms in total. The van der Waals surface area contributed by atoms with Gasteiger partial charge in [-0.15, -0.1) is 0 Å². The number of benzene rings is 1. The second-order valence-electron chi connectivity index (χ2n) is 9.68. The van der Waals surface area contributed by atoms with Gasteiger partial charge in [0.2, 0.25) is 0 Å². The van der Waals surface area contributed by atoms with E-state index >= 15 is 0 Å². The minimum atomic E-state index is -1.35. The molecular weight excluding hydrogens is 584 g/mol. The number of aromatic nitrogens is 2. The van der Waals surface area contributed by atoms with Gasteiger partial charge in [-0.3, -0.25) is 4.99 Å². The summed E-state index contributed by atoms with van der Waals surface area (Å²) >= 11 is 6.18. The fraction of sp³-hybridized carbons (Fsp3) is 0.321. The fourth-order valence-electron chi connectivity index (χ4n) is 5.21. The van der Waals surface area contributed by atoms with E-state index in [0.29, 0.717) is 43.3 Å². The zero-order valence-corrected chi connectivity index (χ0v) is 23.0. The second-order valence-corrected chi connectivity index (χ2v) is 10.1. The molecule has 1 unspecified atom stereocenters. The molecule has 0 spiro atoms. The van der Waals surface area contributed by atoms with E-state index in [1.54, 1.807) is 0 Å². The summed E-state index contributed by atoms with van der Waals surface area (Å²) in [4.78, 5) is 37.4. The van der Waals surface area contributed by atoms with Crippen molar-refractivity contribution in [2.75, 3.05) is 14.2 Å². The van der Waals surface area contributed by atoms with Crippen LogP contribution in [0.5, 0.6) is 0 Å². The van der Waals surface area contributed by atoms with Crippen LogP contribution in [0.2, 0.25) is 5.02 Å². The van der Waals surface area contributed by atoms with Crippen molar-refractivity contribution < 1.29 is 41.0 Å². The van der Waals surface area contributed by atoms with Crippen LogP contribution in [0.1, 0.15) is 65.3 Å². The Balaban J connectivity index is 1.55. The number of carbonyl (C=O) groups excluding carboxylic acids is 2. The maximum absolute atomic E-state index is 14.9. The zero-order chi connectivity index (χ0) is 30.1. The Labute approximate surface area is 241 Å². The Morgan fingerprint density at radius 3 is 2.36 bits per heavy atom. The minimum absolute atomic E-state index is 0.0378. The topological polar surface area (TPSA) is 116 Å². The monoisotopic (exact) mass is 606 g/mol. The number of allylic oxidation sites excluding steroid dienone is 1. The lowest BCUT2D eigenvalue weighted by molar-refractivity contribution is -0.136. The van der Waals surface area contributed by atoms with Crippen LogP contribution in [0.25, 0.3) is 0 Å². The first kappa shape index (κ1) is 29.2. The van der Waals surface area contributed by atoms with Crippen molar-refractivity contribution >= 4 is 29.4 Å². The zero-order valence-electron chi connectivity index (χ0n) is 22.2. The number of hydrogen-bond donors (Lipinski definition) is 1. The van der Waals surface area contributed by atoms with Crippen LogP contribution in [0.3, 0.4) is 0 Å². The van der Waals surface area contributed by atoms with Gasteiger partial charge in [-0.2, -0.15) is 0 Å². The third-order valence-corrected chi connectivity index (χ3v) is 7.66. The van der Waals surface area contributed by atoms with Gasteiger partial charge in [-0.1, -0.05) is 17.7 Å². The van der Waals surface area contributed by atoms with Crippen LogP contribution in [0.15, 0.2) is 51.3 Å². The minimum Gasteiger partial charge on any atom is -0.466 e. The number of amidine groups is 1. The number of nitrogens with zero attached hydrogens (tertiary/aromatic N) is 3. The van der Waals surface area contributed by atoms with Crippen LogP contribution in [-0.4, -0.2) is 42.0 Å². The van der Waals surface area contributed by atoms with Gasteiger partial charge >= 0.3 is 11.9 Å². The van der Waals surface area contributed by atoms with Crippen LogP contribution in [0, 0.1) is 29.2 Å². The van der Waals surface area contributed by atoms with Gasteiger partial charge in [0.05, 0.1) is 31.0 Å². The van der Waals surface area contributed by atoms with E-state index in [9.17, 15) is 27.2 Å². The van der Waals surface area contributed by atoms with Crippen molar-refractivity contribution in [1.29, 1.82) is 0 Å². The van der Waals surface area contributed by atoms with Crippen LogP contribution >= 0.6 is 11.6 Å². The van der Waals surface area contributed by atoms with Gasteiger partial charge in [-0.25, -0.2) is 37.1 Å². The van der Waals surface area contributed by atoms with Crippen molar-refractivity contribution in [2.45, 2.75) is 37.6 Å². The van der Waals surface area contributed by atoms with E-state index in [-0.39, 0.29) is 40.2 Å². The third kappa shape index (κ3) is 5.48. The SMILES string of the molecule is COC(=O)C1=C([C@H]2CC[C@H](c3nc(C(=O)OC)co3)CC2)NC(c2ncc(F)cc2F)=NC1c1ccc(F)c(F)c1Cl. The molecule has 3 heterocycles. The summed E-state index contributed by atoms with van der Waals surface area (Å²) in [6, 6.07) is 1.29. The number of nitrogens with one attached hydrogen (secondary N) is 1. The summed E-state index contributed by atoms with van der Waals surface area (Å²) in [6.45, 7) is 0. The first-order valence-corrected chi connectivity index (χ1v) is 13.2. The number of halogens is 5. The Morgan fingerprint density at radius 1 is 1.00 bits per heavy atom. The van der Waals surface area contributed by atoms with Crippen molar-refractivity contribution in [3.05, 3.63) is 93.1 Å². The van der Waals surface area contributed by atoms with Gasteiger partial charge in [0.25, 0.3) is 0 Å². The molecule has 1 fully saturated rings. The van der Waals surface area contributed by atoms with Crippen LogP contribution in [-0.2, 0) is 14.3 Å². The average molecular weight is 607 g/mol. The molecule has 0 amide bonds. The number of esters is 2. The van der Waals surface area contributed by atoms with E-state index in [0.717, 1.165) is 19.4 Å². The molecule has 1 aliphatic heterocycles. The Kier molecular flexibility index (Phi) is 8.30. The molecule has 0 radical (unpaired) electrons. The summed E-state index contributed by atoms with van der Waals surface area (Å²) in [7, 11) is 2.38. The van der Waals surface area contributed by atoms with Crippen molar-refractivity contribution in [1.82, 2.24) is 15.3 Å². The molecule has 5 rings (SSSR count). The number of ether oxygens (including phenoxy) is 2. The van der Waals surface area contributed by atoms with Gasteiger partial charge in [0.1, 0.15) is 23.8 Å². The van der Waals surface area contributed by atoms with E-state index in [1.165, 1.54) is 19.4 Å². The number of oxazole rings is 1. The van der Waals surface area contributed by atoms with E-state index in [2.05, 4.69) is 25.0 Å². The molecule has 1 aromatic carbocycles.